The molecule has 0 fully saturated rings. The number of hydrogen-bond acceptors (Lipinski definition) is 2. The zero-order valence-corrected chi connectivity index (χ0v) is 11.2. The molecule has 0 aliphatic heterocycles. The summed E-state index contributed by atoms with van der Waals surface area (Å²) in [6.45, 7) is 3.31. The topological polar surface area (TPSA) is 46.9 Å². The molecule has 0 radical (unpaired) electrons. The monoisotopic (exact) mass is 257 g/mol. The Morgan fingerprint density at radius 3 is 2.84 bits per heavy atom. The van der Waals surface area contributed by atoms with Gasteiger partial charge in [0.25, 0.3) is 0 Å². The first-order valence-corrected chi connectivity index (χ1v) is 6.60. The molecule has 0 aliphatic rings. The van der Waals surface area contributed by atoms with Crippen molar-refractivity contribution in [2.75, 3.05) is 6.54 Å². The molecule has 1 aromatic heterocycles. The highest BCUT2D eigenvalue weighted by Gasteiger charge is 2.04. The van der Waals surface area contributed by atoms with Crippen molar-refractivity contribution < 1.29 is 4.79 Å². The van der Waals surface area contributed by atoms with Crippen molar-refractivity contribution in [3.63, 3.8) is 0 Å². The van der Waals surface area contributed by atoms with Gasteiger partial charge in [-0.15, -0.1) is 0 Å². The molecular formula is C15H19N3O. The summed E-state index contributed by atoms with van der Waals surface area (Å²) in [6, 6.07) is 10.3. The predicted octanol–water partition coefficient (Wildman–Crippen LogP) is 2.00. The zero-order chi connectivity index (χ0) is 13.5. The van der Waals surface area contributed by atoms with E-state index in [1.807, 2.05) is 31.3 Å². The molecule has 1 heterocycles. The second-order valence-electron chi connectivity index (χ2n) is 4.41. The Hall–Kier alpha value is -2.10. The molecule has 0 spiro atoms. The number of amides is 1. The van der Waals surface area contributed by atoms with Gasteiger partial charge in [-0.3, -0.25) is 4.79 Å². The molecule has 1 N–H and O–H groups in total. The molecule has 0 saturated carbocycles. The Morgan fingerprint density at radius 1 is 1.32 bits per heavy atom. The Balaban J connectivity index is 1.92. The number of nitrogens with one attached hydrogen (secondary N) is 1. The van der Waals surface area contributed by atoms with E-state index in [0.717, 1.165) is 18.8 Å². The molecule has 0 aliphatic carbocycles. The number of rotatable bonds is 6. The van der Waals surface area contributed by atoms with Gasteiger partial charge >= 0.3 is 0 Å². The van der Waals surface area contributed by atoms with E-state index in [4.69, 9.17) is 0 Å². The van der Waals surface area contributed by atoms with Gasteiger partial charge in [-0.25, -0.2) is 4.98 Å². The number of benzene rings is 1. The first-order chi connectivity index (χ1) is 9.29. The van der Waals surface area contributed by atoms with E-state index in [1.54, 1.807) is 6.20 Å². The first kappa shape index (κ1) is 13.3. The van der Waals surface area contributed by atoms with Gasteiger partial charge < -0.3 is 9.88 Å². The van der Waals surface area contributed by atoms with Gasteiger partial charge in [0.05, 0.1) is 0 Å². The number of aromatic nitrogens is 2. The molecule has 19 heavy (non-hydrogen) atoms. The van der Waals surface area contributed by atoms with Crippen molar-refractivity contribution in [3.8, 4) is 0 Å². The molecule has 4 heteroatoms. The fourth-order valence-electron chi connectivity index (χ4n) is 1.93. The van der Waals surface area contributed by atoms with Crippen LogP contribution in [0.25, 0.3) is 0 Å². The molecule has 1 aromatic carbocycles. The number of imidazole rings is 1. The van der Waals surface area contributed by atoms with Crippen LogP contribution >= 0.6 is 0 Å². The normalized spacial score (nSPS) is 10.4. The number of nitrogens with zero attached hydrogens (tertiary/aromatic N) is 2. The standard InChI is InChI=1S/C15H19N3O/c1-2-15(19)17-9-8-14-16-10-11-18(14)12-13-6-4-3-5-7-13/h3-7,10-11H,2,8-9,12H2,1H3,(H,17,19). The Bertz CT molecular complexity index is 519. The van der Waals surface area contributed by atoms with Crippen LogP contribution in [0.1, 0.15) is 24.7 Å². The molecule has 0 bridgehead atoms. The van der Waals surface area contributed by atoms with Crippen LogP contribution in [0.2, 0.25) is 0 Å². The van der Waals surface area contributed by atoms with Gasteiger partial charge in [0, 0.05) is 38.3 Å². The summed E-state index contributed by atoms with van der Waals surface area (Å²) in [6.07, 6.45) is 5.06. The minimum atomic E-state index is 0.0844. The largest absolute Gasteiger partial charge is 0.356 e. The Kier molecular flexibility index (Phi) is 4.72. The molecule has 4 nitrogen and oxygen atoms in total. The summed E-state index contributed by atoms with van der Waals surface area (Å²) >= 11 is 0. The lowest BCUT2D eigenvalue weighted by Crippen LogP contribution is -2.25. The van der Waals surface area contributed by atoms with Gasteiger partial charge in [-0.1, -0.05) is 37.3 Å². The Morgan fingerprint density at radius 2 is 2.11 bits per heavy atom. The van der Waals surface area contributed by atoms with E-state index in [0.29, 0.717) is 13.0 Å². The first-order valence-electron chi connectivity index (χ1n) is 6.60. The number of hydrogen-bond donors (Lipinski definition) is 1. The quantitative estimate of drug-likeness (QED) is 0.860. The number of carbonyl (C=O) groups is 1. The summed E-state index contributed by atoms with van der Waals surface area (Å²) in [4.78, 5) is 15.5. The highest BCUT2D eigenvalue weighted by Crippen LogP contribution is 2.05. The van der Waals surface area contributed by atoms with Crippen molar-refractivity contribution in [1.29, 1.82) is 0 Å². The van der Waals surface area contributed by atoms with Crippen molar-refractivity contribution >= 4 is 5.91 Å². The van der Waals surface area contributed by atoms with Crippen molar-refractivity contribution in [1.82, 2.24) is 14.9 Å². The molecule has 2 aromatic rings. The van der Waals surface area contributed by atoms with Gasteiger partial charge in [-0.2, -0.15) is 0 Å². The van der Waals surface area contributed by atoms with Crippen molar-refractivity contribution in [2.45, 2.75) is 26.3 Å². The van der Waals surface area contributed by atoms with Crippen LogP contribution in [-0.2, 0) is 17.8 Å². The third-order valence-electron chi connectivity index (χ3n) is 2.99. The fraction of sp³-hybridized carbons (Fsp3) is 0.333. The average Bonchev–Trinajstić information content (AvgIpc) is 2.87. The van der Waals surface area contributed by atoms with E-state index in [9.17, 15) is 4.79 Å². The summed E-state index contributed by atoms with van der Waals surface area (Å²) in [5.41, 5.74) is 1.25. The molecule has 100 valence electrons. The van der Waals surface area contributed by atoms with Gasteiger partial charge in [-0.05, 0) is 5.56 Å². The predicted molar refractivity (Wildman–Crippen MR) is 74.8 cm³/mol. The van der Waals surface area contributed by atoms with Gasteiger partial charge in [0.1, 0.15) is 5.82 Å². The molecule has 0 atom stereocenters. The summed E-state index contributed by atoms with van der Waals surface area (Å²) in [7, 11) is 0. The van der Waals surface area contributed by atoms with Crippen LogP contribution < -0.4 is 5.32 Å². The van der Waals surface area contributed by atoms with Gasteiger partial charge in [0.2, 0.25) is 5.91 Å². The fourth-order valence-corrected chi connectivity index (χ4v) is 1.93. The van der Waals surface area contributed by atoms with E-state index in [1.165, 1.54) is 5.56 Å². The lowest BCUT2D eigenvalue weighted by atomic mass is 10.2. The Labute approximate surface area is 113 Å². The average molecular weight is 257 g/mol. The third-order valence-corrected chi connectivity index (χ3v) is 2.99. The molecule has 0 saturated heterocycles. The van der Waals surface area contributed by atoms with Crippen LogP contribution in [0.3, 0.4) is 0 Å². The summed E-state index contributed by atoms with van der Waals surface area (Å²) < 4.78 is 2.12. The maximum Gasteiger partial charge on any atom is 0.219 e. The van der Waals surface area contributed by atoms with E-state index >= 15 is 0 Å². The molecule has 2 rings (SSSR count). The van der Waals surface area contributed by atoms with Crippen LogP contribution in [0.4, 0.5) is 0 Å². The van der Waals surface area contributed by atoms with E-state index in [2.05, 4.69) is 27.0 Å². The maximum atomic E-state index is 11.2. The lowest BCUT2D eigenvalue weighted by molar-refractivity contribution is -0.120. The van der Waals surface area contributed by atoms with Crippen LogP contribution in [-0.4, -0.2) is 22.0 Å². The third kappa shape index (κ3) is 3.95. The van der Waals surface area contributed by atoms with Crippen molar-refractivity contribution in [2.24, 2.45) is 0 Å². The summed E-state index contributed by atoms with van der Waals surface area (Å²) in [5, 5.41) is 2.87. The molecule has 1 amide bonds. The second-order valence-corrected chi connectivity index (χ2v) is 4.41. The second kappa shape index (κ2) is 6.73. The van der Waals surface area contributed by atoms with Crippen LogP contribution in [0.15, 0.2) is 42.7 Å². The zero-order valence-electron chi connectivity index (χ0n) is 11.2. The summed E-state index contributed by atoms with van der Waals surface area (Å²) in [5.74, 6) is 1.08. The highest BCUT2D eigenvalue weighted by molar-refractivity contribution is 5.75. The van der Waals surface area contributed by atoms with Gasteiger partial charge in [0.15, 0.2) is 0 Å². The van der Waals surface area contributed by atoms with Crippen molar-refractivity contribution in [3.05, 3.63) is 54.1 Å². The SMILES string of the molecule is CCC(=O)NCCc1nccn1Cc1ccccc1. The smallest absolute Gasteiger partial charge is 0.219 e. The molecule has 0 unspecified atom stereocenters. The van der Waals surface area contributed by atoms with Crippen LogP contribution in [0.5, 0.6) is 0 Å². The minimum absolute atomic E-state index is 0.0844. The maximum absolute atomic E-state index is 11.2. The molecular weight excluding hydrogens is 238 g/mol. The minimum Gasteiger partial charge on any atom is -0.356 e. The lowest BCUT2D eigenvalue weighted by Gasteiger charge is -2.08. The van der Waals surface area contributed by atoms with E-state index in [-0.39, 0.29) is 5.91 Å². The highest BCUT2D eigenvalue weighted by atomic mass is 16.1. The number of carbonyl (C=O) groups excluding carboxylic acids is 1. The van der Waals surface area contributed by atoms with Crippen LogP contribution in [0, 0.1) is 0 Å². The van der Waals surface area contributed by atoms with E-state index < -0.39 is 0 Å².